The van der Waals surface area contributed by atoms with Gasteiger partial charge in [-0.25, -0.2) is 17.6 Å². The van der Waals surface area contributed by atoms with Crippen LogP contribution in [-0.2, 0) is 21.3 Å². The SMILES string of the molecule is CS(=O)(=O)Nc1ccc(Oc2ccc(CN3CCC(N(C(=O)Nc4ccc(F)cc4)C4CCOCC4)CC3)cc2)cc1.Cl. The minimum absolute atomic E-state index is 0. The fraction of sp³-hybridized carbons (Fsp3) is 0.387. The Morgan fingerprint density at radius 1 is 0.884 bits per heavy atom. The van der Waals surface area contributed by atoms with Gasteiger partial charge in [0.1, 0.15) is 17.3 Å². The third-order valence-electron chi connectivity index (χ3n) is 7.59. The summed E-state index contributed by atoms with van der Waals surface area (Å²) in [6, 6.07) is 20.7. The molecule has 5 rings (SSSR count). The first-order chi connectivity index (χ1) is 20.2. The van der Waals surface area contributed by atoms with Crippen molar-refractivity contribution in [3.8, 4) is 11.5 Å². The van der Waals surface area contributed by atoms with Crippen molar-refractivity contribution in [1.82, 2.24) is 9.80 Å². The molecule has 3 aromatic carbocycles. The quantitative estimate of drug-likeness (QED) is 0.296. The van der Waals surface area contributed by atoms with E-state index in [1.165, 1.54) is 17.7 Å². The van der Waals surface area contributed by atoms with Crippen LogP contribution in [0.4, 0.5) is 20.6 Å². The molecule has 0 atom stereocenters. The van der Waals surface area contributed by atoms with Crippen molar-refractivity contribution < 1.29 is 27.1 Å². The molecule has 43 heavy (non-hydrogen) atoms. The molecule has 2 aliphatic heterocycles. The topological polar surface area (TPSA) is 100 Å². The second kappa shape index (κ2) is 14.9. The Hall–Kier alpha value is -3.38. The normalized spacial score (nSPS) is 16.6. The van der Waals surface area contributed by atoms with Crippen LogP contribution in [0.5, 0.6) is 11.5 Å². The minimum atomic E-state index is -3.33. The zero-order chi connectivity index (χ0) is 29.5. The highest BCUT2D eigenvalue weighted by Crippen LogP contribution is 2.27. The number of rotatable bonds is 9. The Morgan fingerprint density at radius 3 is 2.00 bits per heavy atom. The summed E-state index contributed by atoms with van der Waals surface area (Å²) >= 11 is 0. The van der Waals surface area contributed by atoms with E-state index in [0.29, 0.717) is 36.1 Å². The van der Waals surface area contributed by atoms with Gasteiger partial charge in [0.05, 0.1) is 6.26 Å². The van der Waals surface area contributed by atoms with Gasteiger partial charge in [-0.3, -0.25) is 9.62 Å². The van der Waals surface area contributed by atoms with Crippen LogP contribution in [0.15, 0.2) is 72.8 Å². The van der Waals surface area contributed by atoms with Crippen molar-refractivity contribution in [2.45, 2.75) is 44.3 Å². The van der Waals surface area contributed by atoms with E-state index in [4.69, 9.17) is 9.47 Å². The molecule has 9 nitrogen and oxygen atoms in total. The number of likely N-dealkylation sites (tertiary alicyclic amines) is 1. The van der Waals surface area contributed by atoms with E-state index in [1.807, 2.05) is 29.2 Å². The number of carbonyl (C=O) groups excluding carboxylic acids is 1. The van der Waals surface area contributed by atoms with Gasteiger partial charge in [0.2, 0.25) is 10.0 Å². The summed E-state index contributed by atoms with van der Waals surface area (Å²) in [5.41, 5.74) is 2.24. The monoisotopic (exact) mass is 632 g/mol. The predicted octanol–water partition coefficient (Wildman–Crippen LogP) is 6.09. The van der Waals surface area contributed by atoms with Crippen LogP contribution in [0.2, 0.25) is 0 Å². The van der Waals surface area contributed by atoms with Gasteiger partial charge >= 0.3 is 6.03 Å². The first-order valence-electron chi connectivity index (χ1n) is 14.2. The van der Waals surface area contributed by atoms with Crippen LogP contribution in [0.3, 0.4) is 0 Å². The van der Waals surface area contributed by atoms with Gasteiger partial charge < -0.3 is 19.7 Å². The third-order valence-corrected chi connectivity index (χ3v) is 8.19. The lowest BCUT2D eigenvalue weighted by atomic mass is 9.98. The molecule has 0 aliphatic carbocycles. The number of benzene rings is 3. The number of nitrogens with zero attached hydrogens (tertiary/aromatic N) is 2. The highest BCUT2D eigenvalue weighted by molar-refractivity contribution is 7.92. The number of amides is 2. The van der Waals surface area contributed by atoms with Crippen molar-refractivity contribution in [2.24, 2.45) is 0 Å². The second-order valence-electron chi connectivity index (χ2n) is 10.8. The van der Waals surface area contributed by atoms with E-state index >= 15 is 0 Å². The standard InChI is InChI=1S/C31H37FN4O5S.ClH/c1-42(38,39)34-26-8-12-30(13-9-26)41-29-10-2-23(3-11-29)22-35-18-14-27(15-19-35)36(28-16-20-40-21-17-28)31(37)33-25-6-4-24(32)5-7-25;/h2-13,27-28,34H,14-22H2,1H3,(H,33,37);1H. The molecule has 0 spiro atoms. The smallest absolute Gasteiger partial charge is 0.322 e. The van der Waals surface area contributed by atoms with Crippen LogP contribution in [0, 0.1) is 5.82 Å². The number of piperidine rings is 1. The molecule has 0 radical (unpaired) electrons. The second-order valence-corrected chi connectivity index (χ2v) is 12.6. The molecule has 12 heteroatoms. The summed E-state index contributed by atoms with van der Waals surface area (Å²) in [4.78, 5) is 17.8. The van der Waals surface area contributed by atoms with Crippen molar-refractivity contribution in [3.05, 3.63) is 84.2 Å². The van der Waals surface area contributed by atoms with Gasteiger partial charge in [-0.05, 0) is 91.9 Å². The number of hydrogen-bond acceptors (Lipinski definition) is 6. The van der Waals surface area contributed by atoms with Gasteiger partial charge in [0.25, 0.3) is 0 Å². The minimum Gasteiger partial charge on any atom is -0.457 e. The van der Waals surface area contributed by atoms with E-state index in [2.05, 4.69) is 14.9 Å². The van der Waals surface area contributed by atoms with Crippen molar-refractivity contribution in [3.63, 3.8) is 0 Å². The van der Waals surface area contributed by atoms with Gasteiger partial charge in [0.15, 0.2) is 0 Å². The van der Waals surface area contributed by atoms with Crippen molar-refractivity contribution in [2.75, 3.05) is 42.6 Å². The highest BCUT2D eigenvalue weighted by atomic mass is 35.5. The van der Waals surface area contributed by atoms with Crippen molar-refractivity contribution >= 4 is 39.8 Å². The predicted molar refractivity (Wildman–Crippen MR) is 168 cm³/mol. The van der Waals surface area contributed by atoms with Crippen LogP contribution in [0.1, 0.15) is 31.2 Å². The number of anilines is 2. The Bertz CT molecular complexity index is 1430. The van der Waals surface area contributed by atoms with Crippen LogP contribution in [0.25, 0.3) is 0 Å². The lowest BCUT2D eigenvalue weighted by Crippen LogP contribution is -2.54. The molecular formula is C31H38ClFN4O5S. The van der Waals surface area contributed by atoms with Crippen LogP contribution in [-0.4, -0.2) is 68.9 Å². The Morgan fingerprint density at radius 2 is 1.42 bits per heavy atom. The molecule has 2 N–H and O–H groups in total. The average molecular weight is 633 g/mol. The van der Waals surface area contributed by atoms with Gasteiger partial charge in [-0.1, -0.05) is 12.1 Å². The molecule has 2 aliphatic rings. The number of carbonyl (C=O) groups is 1. The molecule has 232 valence electrons. The summed E-state index contributed by atoms with van der Waals surface area (Å²) in [5.74, 6) is 0.974. The fourth-order valence-corrected chi connectivity index (χ4v) is 6.10. The molecule has 0 unspecified atom stereocenters. The Balaban J connectivity index is 0.00000423. The molecule has 2 amide bonds. The molecule has 0 saturated carbocycles. The number of hydrogen-bond donors (Lipinski definition) is 2. The third kappa shape index (κ3) is 9.56. The number of sulfonamides is 1. The van der Waals surface area contributed by atoms with E-state index in [-0.39, 0.29) is 36.3 Å². The van der Waals surface area contributed by atoms with E-state index < -0.39 is 10.0 Å². The number of urea groups is 1. The summed E-state index contributed by atoms with van der Waals surface area (Å²) < 4.78 is 50.0. The lowest BCUT2D eigenvalue weighted by Gasteiger charge is -2.43. The largest absolute Gasteiger partial charge is 0.457 e. The number of nitrogens with one attached hydrogen (secondary N) is 2. The first-order valence-corrected chi connectivity index (χ1v) is 16.1. The summed E-state index contributed by atoms with van der Waals surface area (Å²) in [6.45, 7) is 3.85. The van der Waals surface area contributed by atoms with Crippen LogP contribution >= 0.6 is 12.4 Å². The van der Waals surface area contributed by atoms with Gasteiger partial charge in [-0.15, -0.1) is 12.4 Å². The Labute approximate surface area is 258 Å². The lowest BCUT2D eigenvalue weighted by molar-refractivity contribution is 0.0233. The molecule has 0 bridgehead atoms. The average Bonchev–Trinajstić information content (AvgIpc) is 2.97. The van der Waals surface area contributed by atoms with Gasteiger partial charge in [-0.2, -0.15) is 0 Å². The molecule has 2 fully saturated rings. The fourth-order valence-electron chi connectivity index (χ4n) is 5.53. The highest BCUT2D eigenvalue weighted by Gasteiger charge is 2.34. The van der Waals surface area contributed by atoms with Crippen molar-refractivity contribution in [1.29, 1.82) is 0 Å². The van der Waals surface area contributed by atoms with E-state index in [1.54, 1.807) is 36.4 Å². The molecule has 2 saturated heterocycles. The Kier molecular flexibility index (Phi) is 11.3. The molecule has 2 heterocycles. The van der Waals surface area contributed by atoms with E-state index in [9.17, 15) is 17.6 Å². The maximum absolute atomic E-state index is 13.4. The summed E-state index contributed by atoms with van der Waals surface area (Å²) in [5, 5.41) is 2.98. The van der Waals surface area contributed by atoms with Crippen LogP contribution < -0.4 is 14.8 Å². The summed E-state index contributed by atoms with van der Waals surface area (Å²) in [7, 11) is -3.33. The zero-order valence-electron chi connectivity index (χ0n) is 24.1. The molecule has 3 aromatic rings. The number of halogens is 2. The first kappa shape index (κ1) is 32.5. The zero-order valence-corrected chi connectivity index (χ0v) is 25.7. The van der Waals surface area contributed by atoms with Gasteiger partial charge in [0, 0.05) is 56.3 Å². The maximum atomic E-state index is 13.4. The summed E-state index contributed by atoms with van der Waals surface area (Å²) in [6.07, 6.45) is 4.49. The van der Waals surface area contributed by atoms with E-state index in [0.717, 1.165) is 51.6 Å². The molecule has 0 aromatic heterocycles. The molecular weight excluding hydrogens is 595 g/mol. The number of ether oxygens (including phenoxy) is 2. The maximum Gasteiger partial charge on any atom is 0.322 e.